The fourth-order valence-corrected chi connectivity index (χ4v) is 1.99. The van der Waals surface area contributed by atoms with Crippen LogP contribution >= 0.6 is 11.8 Å². The summed E-state index contributed by atoms with van der Waals surface area (Å²) < 4.78 is 4.99. The lowest BCUT2D eigenvalue weighted by Crippen LogP contribution is -2.05. The predicted octanol–water partition coefficient (Wildman–Crippen LogP) is 2.23. The maximum absolute atomic E-state index is 5.80. The summed E-state index contributed by atoms with van der Waals surface area (Å²) in [6.45, 7) is 2.79. The number of nitrogens with zero attached hydrogens (tertiary/aromatic N) is 1. The van der Waals surface area contributed by atoms with Crippen LogP contribution < -0.4 is 5.73 Å². The van der Waals surface area contributed by atoms with Crippen molar-refractivity contribution >= 4 is 11.8 Å². The minimum absolute atomic E-state index is 0.0753. The minimum atomic E-state index is 0.0753. The van der Waals surface area contributed by atoms with Crippen molar-refractivity contribution < 1.29 is 4.74 Å². The molecule has 1 aromatic heterocycles. The lowest BCUT2D eigenvalue weighted by Gasteiger charge is -2.06. The average Bonchev–Trinajstić information content (AvgIpc) is 2.25. The maximum atomic E-state index is 5.80. The Hall–Kier alpha value is -0.580. The molecule has 0 spiro atoms. The number of hydrogen-bond acceptors (Lipinski definition) is 4. The molecule has 0 radical (unpaired) electrons. The molecule has 1 aromatic rings. The van der Waals surface area contributed by atoms with Crippen molar-refractivity contribution in [2.24, 2.45) is 5.73 Å². The van der Waals surface area contributed by atoms with E-state index in [1.54, 1.807) is 18.9 Å². The van der Waals surface area contributed by atoms with Crippen LogP contribution in [0.3, 0.4) is 0 Å². The number of aromatic nitrogens is 1. The zero-order chi connectivity index (χ0) is 11.1. The van der Waals surface area contributed by atoms with Gasteiger partial charge in [-0.05, 0) is 31.0 Å². The van der Waals surface area contributed by atoms with Crippen LogP contribution in [-0.2, 0) is 4.74 Å². The molecule has 0 aromatic carbocycles. The van der Waals surface area contributed by atoms with Crippen LogP contribution in [0.25, 0.3) is 0 Å². The topological polar surface area (TPSA) is 48.1 Å². The molecule has 1 rings (SSSR count). The van der Waals surface area contributed by atoms with Crippen molar-refractivity contribution in [1.82, 2.24) is 4.98 Å². The Morgan fingerprint density at radius 3 is 3.07 bits per heavy atom. The van der Waals surface area contributed by atoms with E-state index < -0.39 is 0 Å². The lowest BCUT2D eigenvalue weighted by molar-refractivity contribution is 0.200. The summed E-state index contributed by atoms with van der Waals surface area (Å²) in [5.74, 6) is 1.03. The molecule has 1 heterocycles. The van der Waals surface area contributed by atoms with Gasteiger partial charge in [0.05, 0.1) is 5.03 Å². The lowest BCUT2D eigenvalue weighted by atomic mass is 10.1. The van der Waals surface area contributed by atoms with Gasteiger partial charge in [0.1, 0.15) is 0 Å². The van der Waals surface area contributed by atoms with Gasteiger partial charge in [-0.25, -0.2) is 4.98 Å². The molecule has 84 valence electrons. The van der Waals surface area contributed by atoms with Crippen LogP contribution in [0.4, 0.5) is 0 Å². The van der Waals surface area contributed by atoms with Gasteiger partial charge in [0.15, 0.2) is 0 Å². The van der Waals surface area contributed by atoms with Gasteiger partial charge >= 0.3 is 0 Å². The zero-order valence-corrected chi connectivity index (χ0v) is 10.1. The summed E-state index contributed by atoms with van der Waals surface area (Å²) in [6.07, 6.45) is 2.86. The first kappa shape index (κ1) is 12.5. The smallest absolute Gasteiger partial charge is 0.0963 e. The molecule has 0 aliphatic carbocycles. The molecule has 3 nitrogen and oxygen atoms in total. The third-order valence-corrected chi connectivity index (χ3v) is 3.04. The number of thioether (sulfide) groups is 1. The SMILES string of the molecule is COCCCSc1cc([C@H](C)N)ccn1. The Kier molecular flexibility index (Phi) is 5.68. The van der Waals surface area contributed by atoms with Crippen molar-refractivity contribution in [3.05, 3.63) is 23.9 Å². The molecule has 0 bridgehead atoms. The molecule has 2 N–H and O–H groups in total. The summed E-state index contributed by atoms with van der Waals surface area (Å²) in [4.78, 5) is 4.29. The Bertz CT molecular complexity index is 292. The van der Waals surface area contributed by atoms with Gasteiger partial charge in [0, 0.05) is 31.7 Å². The number of nitrogens with two attached hydrogens (primary N) is 1. The standard InChI is InChI=1S/C11H18N2OS/c1-9(12)10-4-5-13-11(8-10)15-7-3-6-14-2/h4-5,8-9H,3,6-7,12H2,1-2H3/t9-/m0/s1. The molecule has 0 amide bonds. The van der Waals surface area contributed by atoms with E-state index in [4.69, 9.17) is 10.5 Å². The normalized spacial score (nSPS) is 12.7. The second-order valence-corrected chi connectivity index (χ2v) is 4.53. The van der Waals surface area contributed by atoms with E-state index in [1.165, 1.54) is 0 Å². The van der Waals surface area contributed by atoms with Crippen LogP contribution in [0, 0.1) is 0 Å². The van der Waals surface area contributed by atoms with E-state index >= 15 is 0 Å². The Morgan fingerprint density at radius 1 is 1.60 bits per heavy atom. The Labute approximate surface area is 95.4 Å². The highest BCUT2D eigenvalue weighted by Gasteiger charge is 2.01. The van der Waals surface area contributed by atoms with Crippen molar-refractivity contribution in [2.75, 3.05) is 19.5 Å². The van der Waals surface area contributed by atoms with E-state index in [9.17, 15) is 0 Å². The first-order valence-corrected chi connectivity index (χ1v) is 6.06. The first-order valence-electron chi connectivity index (χ1n) is 5.07. The number of ether oxygens (including phenoxy) is 1. The van der Waals surface area contributed by atoms with E-state index in [-0.39, 0.29) is 6.04 Å². The number of methoxy groups -OCH3 is 1. The third kappa shape index (κ3) is 4.64. The predicted molar refractivity (Wildman–Crippen MR) is 64.1 cm³/mol. The molecule has 0 saturated carbocycles. The number of hydrogen-bond donors (Lipinski definition) is 1. The molecule has 4 heteroatoms. The molecule has 0 unspecified atom stereocenters. The Balaban J connectivity index is 2.43. The minimum Gasteiger partial charge on any atom is -0.385 e. The summed E-state index contributed by atoms with van der Waals surface area (Å²) >= 11 is 1.75. The quantitative estimate of drug-likeness (QED) is 0.597. The van der Waals surface area contributed by atoms with Crippen molar-refractivity contribution in [2.45, 2.75) is 24.4 Å². The van der Waals surface area contributed by atoms with Gasteiger partial charge < -0.3 is 10.5 Å². The fourth-order valence-electron chi connectivity index (χ4n) is 1.17. The van der Waals surface area contributed by atoms with Crippen LogP contribution in [0.15, 0.2) is 23.4 Å². The van der Waals surface area contributed by atoms with Gasteiger partial charge in [0.2, 0.25) is 0 Å². The van der Waals surface area contributed by atoms with Crippen LogP contribution in [0.1, 0.15) is 24.9 Å². The van der Waals surface area contributed by atoms with E-state index in [0.717, 1.165) is 29.4 Å². The van der Waals surface area contributed by atoms with E-state index in [0.29, 0.717) is 0 Å². The van der Waals surface area contributed by atoms with Gasteiger partial charge in [0.25, 0.3) is 0 Å². The van der Waals surface area contributed by atoms with Gasteiger partial charge in [-0.1, -0.05) is 0 Å². The molecular weight excluding hydrogens is 208 g/mol. The highest BCUT2D eigenvalue weighted by molar-refractivity contribution is 7.99. The average molecular weight is 226 g/mol. The number of pyridine rings is 1. The second kappa shape index (κ2) is 6.82. The molecule has 1 atom stereocenters. The first-order chi connectivity index (χ1) is 7.24. The third-order valence-electron chi connectivity index (χ3n) is 2.03. The van der Waals surface area contributed by atoms with Crippen molar-refractivity contribution in [3.63, 3.8) is 0 Å². The molecule has 0 fully saturated rings. The largest absolute Gasteiger partial charge is 0.385 e. The number of rotatable bonds is 6. The molecule has 0 aliphatic heterocycles. The monoisotopic (exact) mass is 226 g/mol. The fraction of sp³-hybridized carbons (Fsp3) is 0.545. The van der Waals surface area contributed by atoms with Gasteiger partial charge in [-0.3, -0.25) is 0 Å². The molecule has 15 heavy (non-hydrogen) atoms. The Morgan fingerprint density at radius 2 is 2.40 bits per heavy atom. The van der Waals surface area contributed by atoms with Crippen molar-refractivity contribution in [3.8, 4) is 0 Å². The zero-order valence-electron chi connectivity index (χ0n) is 9.27. The second-order valence-electron chi connectivity index (χ2n) is 3.41. The van der Waals surface area contributed by atoms with Crippen LogP contribution in [0.2, 0.25) is 0 Å². The summed E-state index contributed by atoms with van der Waals surface area (Å²) in [5.41, 5.74) is 6.94. The van der Waals surface area contributed by atoms with Gasteiger partial charge in [-0.15, -0.1) is 11.8 Å². The summed E-state index contributed by atoms with van der Waals surface area (Å²) in [7, 11) is 1.72. The van der Waals surface area contributed by atoms with Crippen LogP contribution in [0.5, 0.6) is 0 Å². The summed E-state index contributed by atoms with van der Waals surface area (Å²) in [6, 6.07) is 4.10. The van der Waals surface area contributed by atoms with Crippen LogP contribution in [-0.4, -0.2) is 24.5 Å². The summed E-state index contributed by atoms with van der Waals surface area (Å²) in [5, 5.41) is 1.04. The highest BCUT2D eigenvalue weighted by atomic mass is 32.2. The van der Waals surface area contributed by atoms with Gasteiger partial charge in [-0.2, -0.15) is 0 Å². The van der Waals surface area contributed by atoms with Crippen molar-refractivity contribution in [1.29, 1.82) is 0 Å². The van der Waals surface area contributed by atoms with E-state index in [2.05, 4.69) is 11.1 Å². The molecule has 0 saturated heterocycles. The highest BCUT2D eigenvalue weighted by Crippen LogP contribution is 2.19. The van der Waals surface area contributed by atoms with E-state index in [1.807, 2.05) is 19.2 Å². The maximum Gasteiger partial charge on any atom is 0.0963 e. The molecule has 0 aliphatic rings. The molecular formula is C11H18N2OS.